The van der Waals surface area contributed by atoms with Gasteiger partial charge in [-0.2, -0.15) is 0 Å². The Morgan fingerprint density at radius 3 is 2.41 bits per heavy atom. The van der Waals surface area contributed by atoms with Crippen molar-refractivity contribution in [1.82, 2.24) is 3.56 Å². The molecule has 0 fully saturated rings. The summed E-state index contributed by atoms with van der Waals surface area (Å²) in [5, 5.41) is 0.855. The fourth-order valence-electron chi connectivity index (χ4n) is 1.82. The molecule has 0 saturated carbocycles. The molecule has 3 heteroatoms. The van der Waals surface area contributed by atoms with Crippen LogP contribution in [0.15, 0.2) is 53.3 Å². The van der Waals surface area contributed by atoms with Gasteiger partial charge < -0.3 is 0 Å². The molecule has 0 saturated heterocycles. The molecular weight excluding hydrogens is 277 g/mol. The first-order chi connectivity index (χ1) is 8.25. The maximum absolute atomic E-state index is 12.2. The van der Waals surface area contributed by atoms with Crippen LogP contribution in [0.5, 0.6) is 0 Å². The van der Waals surface area contributed by atoms with E-state index in [1.165, 1.54) is 9.82 Å². The van der Waals surface area contributed by atoms with Crippen molar-refractivity contribution in [3.8, 4) is 5.69 Å². The van der Waals surface area contributed by atoms with Crippen LogP contribution in [-0.2, 0) is 0 Å². The quantitative estimate of drug-likeness (QED) is 0.630. The number of hydrogen-bond donors (Lipinski definition) is 0. The molecule has 0 amide bonds. The van der Waals surface area contributed by atoms with Gasteiger partial charge in [-0.3, -0.25) is 0 Å². The first-order valence-electron chi connectivity index (χ1n) is 5.44. The fourth-order valence-corrected chi connectivity index (χ4v) is 3.92. The van der Waals surface area contributed by atoms with Crippen LogP contribution in [-0.4, -0.2) is 18.3 Å². The van der Waals surface area contributed by atoms with E-state index in [0.717, 1.165) is 11.1 Å². The molecule has 0 aliphatic heterocycles. The molecule has 1 aromatic heterocycles. The predicted octanol–water partition coefficient (Wildman–Crippen LogP) is 2.36. The molecule has 3 rings (SSSR count). The minimum atomic E-state index is 0.0724. The molecule has 3 aromatic rings. The Morgan fingerprint density at radius 1 is 1.00 bits per heavy atom. The van der Waals surface area contributed by atoms with Crippen LogP contribution in [0.3, 0.4) is 0 Å². The summed E-state index contributed by atoms with van der Waals surface area (Å²) in [5.74, 6) is 0. The van der Waals surface area contributed by atoms with E-state index < -0.39 is 0 Å². The molecule has 0 radical (unpaired) electrons. The van der Waals surface area contributed by atoms with Gasteiger partial charge in [-0.15, -0.1) is 0 Å². The summed E-state index contributed by atoms with van der Waals surface area (Å²) in [6.45, 7) is 2.05. The summed E-state index contributed by atoms with van der Waals surface area (Å²) < 4.78 is 3.06. The Balaban J connectivity index is 2.27. The second-order valence-electron chi connectivity index (χ2n) is 4.02. The molecule has 0 unspecified atom stereocenters. The molecule has 0 aliphatic carbocycles. The van der Waals surface area contributed by atoms with Crippen molar-refractivity contribution in [3.63, 3.8) is 0 Å². The van der Waals surface area contributed by atoms with Gasteiger partial charge >= 0.3 is 105 Å². The van der Waals surface area contributed by atoms with Crippen LogP contribution < -0.4 is 5.56 Å². The summed E-state index contributed by atoms with van der Waals surface area (Å²) >= 11 is 0.0724. The summed E-state index contributed by atoms with van der Waals surface area (Å²) in [6.07, 6.45) is 0. The van der Waals surface area contributed by atoms with Gasteiger partial charge in [-0.25, -0.2) is 0 Å². The molecule has 0 atom stereocenters. The zero-order chi connectivity index (χ0) is 11.8. The van der Waals surface area contributed by atoms with Crippen LogP contribution in [0.1, 0.15) is 5.56 Å². The van der Waals surface area contributed by atoms with E-state index in [0.29, 0.717) is 0 Å². The van der Waals surface area contributed by atoms with Crippen LogP contribution in [0.4, 0.5) is 0 Å². The van der Waals surface area contributed by atoms with Gasteiger partial charge in [-0.05, 0) is 0 Å². The van der Waals surface area contributed by atoms with Gasteiger partial charge in [0.15, 0.2) is 0 Å². The summed E-state index contributed by atoms with van der Waals surface area (Å²) in [6, 6.07) is 16.0. The second kappa shape index (κ2) is 4.02. The van der Waals surface area contributed by atoms with E-state index in [2.05, 4.69) is 6.92 Å². The zero-order valence-electron chi connectivity index (χ0n) is 9.38. The average molecular weight is 288 g/mol. The van der Waals surface area contributed by atoms with Crippen molar-refractivity contribution >= 4 is 24.4 Å². The predicted molar refractivity (Wildman–Crippen MR) is 71.2 cm³/mol. The number of fused-ring (bicyclic) bond motifs is 1. The number of benzene rings is 2. The molecule has 0 spiro atoms. The van der Waals surface area contributed by atoms with Crippen LogP contribution in [0.25, 0.3) is 15.3 Å². The van der Waals surface area contributed by atoms with E-state index >= 15 is 0 Å². The molecule has 0 N–H and O–H groups in total. The number of aromatic nitrogens is 1. The Labute approximate surface area is 105 Å². The molecule has 2 nitrogen and oxygen atoms in total. The van der Waals surface area contributed by atoms with Crippen molar-refractivity contribution in [3.05, 3.63) is 64.4 Å². The van der Waals surface area contributed by atoms with Crippen molar-refractivity contribution in [1.29, 1.82) is 0 Å². The van der Waals surface area contributed by atoms with Crippen molar-refractivity contribution in [2.75, 3.05) is 0 Å². The zero-order valence-corrected chi connectivity index (χ0v) is 11.1. The van der Waals surface area contributed by atoms with Gasteiger partial charge in [0.2, 0.25) is 0 Å². The van der Waals surface area contributed by atoms with Crippen molar-refractivity contribution in [2.45, 2.75) is 6.92 Å². The van der Waals surface area contributed by atoms with E-state index in [4.69, 9.17) is 0 Å². The Morgan fingerprint density at radius 2 is 1.71 bits per heavy atom. The molecule has 0 aliphatic rings. The van der Waals surface area contributed by atoms with E-state index in [-0.39, 0.29) is 20.3 Å². The molecule has 84 valence electrons. The first-order valence-corrected chi connectivity index (χ1v) is 7.06. The van der Waals surface area contributed by atoms with Gasteiger partial charge in [0, 0.05) is 0 Å². The standard InChI is InChI=1S/C14H11NOSe/c1-10-6-8-11(9-7-10)15-14(16)12-4-2-3-5-13(12)17-15/h2-9H,1H3. The molecule has 1 heterocycles. The monoisotopic (exact) mass is 289 g/mol. The van der Waals surface area contributed by atoms with Crippen LogP contribution in [0.2, 0.25) is 0 Å². The van der Waals surface area contributed by atoms with E-state index in [9.17, 15) is 4.79 Å². The normalized spacial score (nSPS) is 10.9. The van der Waals surface area contributed by atoms with Crippen LogP contribution >= 0.6 is 0 Å². The van der Waals surface area contributed by atoms with Crippen LogP contribution in [0, 0.1) is 6.92 Å². The Hall–Kier alpha value is -1.57. The fraction of sp³-hybridized carbons (Fsp3) is 0.0714. The number of nitrogens with zero attached hydrogens (tertiary/aromatic N) is 1. The third-order valence-corrected chi connectivity index (χ3v) is 5.09. The van der Waals surface area contributed by atoms with Gasteiger partial charge in [-0.1, -0.05) is 0 Å². The van der Waals surface area contributed by atoms with Gasteiger partial charge in [0.1, 0.15) is 0 Å². The third-order valence-electron chi connectivity index (χ3n) is 2.76. The molecule has 17 heavy (non-hydrogen) atoms. The SMILES string of the molecule is Cc1ccc(-n2[se]c3ccccc3c2=O)cc1. The summed E-state index contributed by atoms with van der Waals surface area (Å²) in [7, 11) is 0. The number of hydrogen-bond acceptors (Lipinski definition) is 1. The second-order valence-corrected chi connectivity index (χ2v) is 6.09. The Bertz CT molecular complexity index is 722. The molecule has 0 bridgehead atoms. The van der Waals surface area contributed by atoms with Crippen molar-refractivity contribution < 1.29 is 0 Å². The summed E-state index contributed by atoms with van der Waals surface area (Å²) in [5.41, 5.74) is 2.34. The minimum absolute atomic E-state index is 0.0724. The molecule has 2 aromatic carbocycles. The molecular formula is C14H11NOSe. The number of aryl methyl sites for hydroxylation is 1. The number of rotatable bonds is 1. The van der Waals surface area contributed by atoms with E-state index in [1.807, 2.05) is 52.1 Å². The average Bonchev–Trinajstić information content (AvgIpc) is 2.69. The van der Waals surface area contributed by atoms with Crippen molar-refractivity contribution in [2.24, 2.45) is 0 Å². The van der Waals surface area contributed by atoms with Gasteiger partial charge in [0.25, 0.3) is 0 Å². The third kappa shape index (κ3) is 1.78. The maximum atomic E-state index is 12.2. The van der Waals surface area contributed by atoms with E-state index in [1.54, 1.807) is 0 Å². The Kier molecular flexibility index (Phi) is 2.50. The summed E-state index contributed by atoms with van der Waals surface area (Å²) in [4.78, 5) is 12.2. The topological polar surface area (TPSA) is 22.0 Å². The van der Waals surface area contributed by atoms with Gasteiger partial charge in [0.05, 0.1) is 0 Å². The first kappa shape index (κ1) is 10.6.